The molecule has 172 valence electrons. The first kappa shape index (κ1) is 22.7. The second kappa shape index (κ2) is 8.16. The van der Waals surface area contributed by atoms with Gasteiger partial charge in [-0.2, -0.15) is 17.6 Å². The van der Waals surface area contributed by atoms with Gasteiger partial charge in [-0.05, 0) is 67.3 Å². The number of rotatable bonds is 5. The Morgan fingerprint density at radius 2 is 1.53 bits per heavy atom. The number of halogens is 6. The number of allylic oxidation sites excluding steroid dienone is 2. The molecule has 2 aromatic rings. The molecular weight excluding hydrogens is 430 g/mol. The zero-order valence-electron chi connectivity index (χ0n) is 17.9. The van der Waals surface area contributed by atoms with E-state index in [0.29, 0.717) is 12.8 Å². The maximum absolute atomic E-state index is 15.5. The molecule has 1 atom stereocenters. The lowest BCUT2D eigenvalue weighted by atomic mass is 9.76. The van der Waals surface area contributed by atoms with Crippen molar-refractivity contribution in [2.24, 2.45) is 0 Å². The second-order valence-corrected chi connectivity index (χ2v) is 8.36. The first-order chi connectivity index (χ1) is 15.1. The Morgan fingerprint density at radius 3 is 2.09 bits per heavy atom. The summed E-state index contributed by atoms with van der Waals surface area (Å²) in [6, 6.07) is 4.77. The Balaban J connectivity index is 1.87. The van der Waals surface area contributed by atoms with Gasteiger partial charge in [0.25, 0.3) is 0 Å². The van der Waals surface area contributed by atoms with Crippen molar-refractivity contribution in [3.8, 4) is 16.9 Å². The van der Waals surface area contributed by atoms with Crippen LogP contribution < -0.4 is 4.74 Å². The van der Waals surface area contributed by atoms with Gasteiger partial charge >= 0.3 is 11.8 Å². The fourth-order valence-corrected chi connectivity index (χ4v) is 4.83. The topological polar surface area (TPSA) is 9.23 Å². The predicted octanol–water partition coefficient (Wildman–Crippen LogP) is 8.22. The normalized spacial score (nSPS) is 20.9. The maximum Gasteiger partial charge on any atom is 0.343 e. The zero-order chi connectivity index (χ0) is 23.3. The maximum atomic E-state index is 15.5. The average Bonchev–Trinajstić information content (AvgIpc) is 2.74. The van der Waals surface area contributed by atoms with Crippen LogP contribution in [0.5, 0.6) is 5.75 Å². The molecule has 0 fully saturated rings. The van der Waals surface area contributed by atoms with Crippen LogP contribution in [-0.4, -0.2) is 6.61 Å². The van der Waals surface area contributed by atoms with Gasteiger partial charge in [0.15, 0.2) is 11.6 Å². The Morgan fingerprint density at radius 1 is 0.906 bits per heavy atom. The van der Waals surface area contributed by atoms with Crippen molar-refractivity contribution >= 4 is 0 Å². The van der Waals surface area contributed by atoms with Crippen molar-refractivity contribution in [2.75, 3.05) is 6.61 Å². The molecule has 7 heteroatoms. The van der Waals surface area contributed by atoms with Gasteiger partial charge in [-0.25, -0.2) is 8.78 Å². The third kappa shape index (κ3) is 3.32. The molecule has 32 heavy (non-hydrogen) atoms. The smallest absolute Gasteiger partial charge is 0.343 e. The molecule has 0 saturated carbocycles. The SMILES string of the molecule is CCCC1=CCC(c2ccc3c(c2F)C(F)(F)C(F)(F)c2c-3ccc(OCC)c2F)CC1. The van der Waals surface area contributed by atoms with Gasteiger partial charge in [0.1, 0.15) is 5.82 Å². The molecule has 1 nitrogen and oxygen atoms in total. The fraction of sp³-hybridized carbons (Fsp3) is 0.440. The van der Waals surface area contributed by atoms with E-state index >= 15 is 22.0 Å². The summed E-state index contributed by atoms with van der Waals surface area (Å²) in [6.07, 6.45) is 5.64. The molecule has 0 heterocycles. The van der Waals surface area contributed by atoms with Gasteiger partial charge in [-0.3, -0.25) is 0 Å². The van der Waals surface area contributed by atoms with E-state index in [4.69, 9.17) is 4.74 Å². The van der Waals surface area contributed by atoms with E-state index in [1.165, 1.54) is 24.6 Å². The zero-order valence-corrected chi connectivity index (χ0v) is 17.9. The lowest BCUT2D eigenvalue weighted by molar-refractivity contribution is -0.228. The molecule has 0 aliphatic heterocycles. The summed E-state index contributed by atoms with van der Waals surface area (Å²) < 4.78 is 95.5. The van der Waals surface area contributed by atoms with Crippen molar-refractivity contribution in [2.45, 2.75) is 63.7 Å². The lowest BCUT2D eigenvalue weighted by Gasteiger charge is -2.36. The first-order valence-electron chi connectivity index (χ1n) is 10.9. The molecule has 2 aromatic carbocycles. The number of hydrogen-bond donors (Lipinski definition) is 0. The van der Waals surface area contributed by atoms with Crippen molar-refractivity contribution in [3.05, 3.63) is 64.2 Å². The van der Waals surface area contributed by atoms with Gasteiger partial charge < -0.3 is 4.74 Å². The second-order valence-electron chi connectivity index (χ2n) is 8.36. The summed E-state index contributed by atoms with van der Waals surface area (Å²) >= 11 is 0. The van der Waals surface area contributed by atoms with Gasteiger partial charge in [-0.1, -0.05) is 37.1 Å². The van der Waals surface area contributed by atoms with Gasteiger partial charge in [-0.15, -0.1) is 0 Å². The van der Waals surface area contributed by atoms with E-state index in [0.717, 1.165) is 31.4 Å². The van der Waals surface area contributed by atoms with Crippen LogP contribution in [-0.2, 0) is 11.8 Å². The standard InChI is InChI=1S/C25H24F6O/c1-3-5-14-6-8-15(9-7-14)16-10-11-17-18-12-13-19(32-4-2)23(27)21(18)25(30,31)24(28,29)20(17)22(16)26/h6,10-13,15H,3-5,7-9H2,1-2H3. The lowest BCUT2D eigenvalue weighted by Crippen LogP contribution is -2.41. The van der Waals surface area contributed by atoms with E-state index in [1.807, 2.05) is 6.08 Å². The molecule has 4 rings (SSSR count). The minimum Gasteiger partial charge on any atom is -0.491 e. The Hall–Kier alpha value is -2.44. The van der Waals surface area contributed by atoms with Crippen LogP contribution >= 0.6 is 0 Å². The third-order valence-corrected chi connectivity index (χ3v) is 6.41. The highest BCUT2D eigenvalue weighted by Gasteiger charge is 2.65. The number of alkyl halides is 4. The van der Waals surface area contributed by atoms with Crippen molar-refractivity contribution in [1.29, 1.82) is 0 Å². The van der Waals surface area contributed by atoms with E-state index in [-0.39, 0.29) is 18.1 Å². The van der Waals surface area contributed by atoms with Crippen LogP contribution in [0.2, 0.25) is 0 Å². The summed E-state index contributed by atoms with van der Waals surface area (Å²) in [4.78, 5) is 0. The summed E-state index contributed by atoms with van der Waals surface area (Å²) in [6.45, 7) is 3.54. The van der Waals surface area contributed by atoms with Crippen molar-refractivity contribution in [3.63, 3.8) is 0 Å². The largest absolute Gasteiger partial charge is 0.491 e. The van der Waals surface area contributed by atoms with Crippen LogP contribution in [0.3, 0.4) is 0 Å². The molecular formula is C25H24F6O. The first-order valence-corrected chi connectivity index (χ1v) is 10.9. The average molecular weight is 454 g/mol. The van der Waals surface area contributed by atoms with Crippen molar-refractivity contribution < 1.29 is 31.1 Å². The fourth-order valence-electron chi connectivity index (χ4n) is 4.83. The van der Waals surface area contributed by atoms with Gasteiger partial charge in [0.2, 0.25) is 0 Å². The molecule has 0 aromatic heterocycles. The number of benzene rings is 2. The van der Waals surface area contributed by atoms with E-state index in [2.05, 4.69) is 6.92 Å². The third-order valence-electron chi connectivity index (χ3n) is 6.41. The quantitative estimate of drug-likeness (QED) is 0.327. The minimum atomic E-state index is -4.94. The highest BCUT2D eigenvalue weighted by molar-refractivity contribution is 5.77. The summed E-state index contributed by atoms with van der Waals surface area (Å²) in [5.74, 6) is -13.6. The van der Waals surface area contributed by atoms with Crippen LogP contribution in [0.1, 0.15) is 68.6 Å². The van der Waals surface area contributed by atoms with E-state index in [1.54, 1.807) is 0 Å². The number of fused-ring (bicyclic) bond motifs is 3. The molecule has 0 bridgehead atoms. The minimum absolute atomic E-state index is 0.000817. The highest BCUT2D eigenvalue weighted by Crippen LogP contribution is 2.60. The molecule has 2 aliphatic rings. The molecule has 0 radical (unpaired) electrons. The Bertz CT molecular complexity index is 1070. The van der Waals surface area contributed by atoms with Crippen LogP contribution in [0, 0.1) is 11.6 Å². The monoisotopic (exact) mass is 454 g/mol. The molecule has 0 spiro atoms. The molecule has 0 amide bonds. The van der Waals surface area contributed by atoms with E-state index < -0.39 is 51.5 Å². The summed E-state index contributed by atoms with van der Waals surface area (Å²) in [7, 11) is 0. The van der Waals surface area contributed by atoms with E-state index in [9.17, 15) is 4.39 Å². The Kier molecular flexibility index (Phi) is 5.80. The van der Waals surface area contributed by atoms with Crippen LogP contribution in [0.25, 0.3) is 11.1 Å². The van der Waals surface area contributed by atoms with Crippen LogP contribution in [0.4, 0.5) is 26.3 Å². The molecule has 2 aliphatic carbocycles. The Labute approximate surface area is 183 Å². The number of ether oxygens (including phenoxy) is 1. The molecule has 0 saturated heterocycles. The summed E-state index contributed by atoms with van der Waals surface area (Å²) in [5, 5.41) is 0. The molecule has 1 unspecified atom stereocenters. The van der Waals surface area contributed by atoms with Crippen molar-refractivity contribution in [1.82, 2.24) is 0 Å². The predicted molar refractivity (Wildman–Crippen MR) is 110 cm³/mol. The number of hydrogen-bond acceptors (Lipinski definition) is 1. The van der Waals surface area contributed by atoms with Gasteiger partial charge in [0.05, 0.1) is 17.7 Å². The highest BCUT2D eigenvalue weighted by atomic mass is 19.3. The van der Waals surface area contributed by atoms with Crippen LogP contribution in [0.15, 0.2) is 35.9 Å². The molecule has 0 N–H and O–H groups in total. The summed E-state index contributed by atoms with van der Waals surface area (Å²) in [5.41, 5.74) is -2.44. The van der Waals surface area contributed by atoms with Gasteiger partial charge in [0, 0.05) is 0 Å².